The monoisotopic (exact) mass is 355 g/mol. The number of aromatic amines is 1. The Morgan fingerprint density at radius 3 is 2.73 bits per heavy atom. The van der Waals surface area contributed by atoms with E-state index in [1.54, 1.807) is 4.40 Å². The molecule has 1 saturated heterocycles. The molecule has 2 aromatic heterocycles. The number of fused-ring (bicyclic) bond motifs is 3. The van der Waals surface area contributed by atoms with Gasteiger partial charge in [0.05, 0.1) is 11.0 Å². The van der Waals surface area contributed by atoms with E-state index < -0.39 is 0 Å². The van der Waals surface area contributed by atoms with Crippen molar-refractivity contribution in [2.24, 2.45) is 0 Å². The lowest BCUT2D eigenvalue weighted by Gasteiger charge is -2.32. The zero-order valence-electron chi connectivity index (χ0n) is 15.5. The lowest BCUT2D eigenvalue weighted by molar-refractivity contribution is 0.148. The van der Waals surface area contributed by atoms with E-state index in [4.69, 9.17) is 4.98 Å². The van der Waals surface area contributed by atoms with Gasteiger partial charge in [-0.3, -0.25) is 4.90 Å². The molecule has 138 valence electrons. The third kappa shape index (κ3) is 3.17. The highest BCUT2D eigenvalue weighted by Gasteiger charge is 2.16. The van der Waals surface area contributed by atoms with E-state index in [2.05, 4.69) is 44.5 Å². The van der Waals surface area contributed by atoms with Crippen LogP contribution >= 0.6 is 0 Å². The summed E-state index contributed by atoms with van der Waals surface area (Å²) in [5.74, 6) is 0.627. The molecule has 1 aromatic carbocycles. The molecule has 0 spiro atoms. The van der Waals surface area contributed by atoms with Crippen LogP contribution in [0.25, 0.3) is 16.7 Å². The Morgan fingerprint density at radius 1 is 1.23 bits per heavy atom. The van der Waals surface area contributed by atoms with Gasteiger partial charge in [-0.1, -0.05) is 6.07 Å². The van der Waals surface area contributed by atoms with E-state index in [-0.39, 0.29) is 11.7 Å². The second-order valence-corrected chi connectivity index (χ2v) is 7.35. The summed E-state index contributed by atoms with van der Waals surface area (Å²) in [6.07, 6.45) is 0. The summed E-state index contributed by atoms with van der Waals surface area (Å²) in [5.41, 5.74) is 3.07. The number of rotatable bonds is 4. The van der Waals surface area contributed by atoms with Crippen molar-refractivity contribution in [2.75, 3.05) is 38.5 Å². The molecule has 8 nitrogen and oxygen atoms in total. The molecule has 0 saturated carbocycles. The van der Waals surface area contributed by atoms with Gasteiger partial charge in [-0.05, 0) is 38.6 Å². The molecule has 3 heterocycles. The molecule has 2 N–H and O–H groups in total. The van der Waals surface area contributed by atoms with Crippen LogP contribution in [-0.2, 0) is 6.54 Å². The first-order valence-corrected chi connectivity index (χ1v) is 9.08. The number of aromatic nitrogens is 4. The molecule has 8 heteroatoms. The Kier molecular flexibility index (Phi) is 4.37. The molecule has 1 fully saturated rings. The minimum atomic E-state index is -0.244. The number of hydrogen-bond donors (Lipinski definition) is 2. The third-order valence-corrected chi connectivity index (χ3v) is 4.82. The Bertz CT molecular complexity index is 982. The van der Waals surface area contributed by atoms with Gasteiger partial charge in [0.1, 0.15) is 0 Å². The molecule has 0 radical (unpaired) electrons. The predicted octanol–water partition coefficient (Wildman–Crippen LogP) is 1.14. The smallest absolute Gasteiger partial charge is 0.348 e. The third-order valence-electron chi connectivity index (χ3n) is 4.82. The summed E-state index contributed by atoms with van der Waals surface area (Å²) in [6, 6.07) is 6.33. The van der Waals surface area contributed by atoms with Gasteiger partial charge in [-0.15, -0.1) is 5.10 Å². The number of hydrogen-bond acceptors (Lipinski definition) is 6. The van der Waals surface area contributed by atoms with Gasteiger partial charge in [0.25, 0.3) is 0 Å². The fourth-order valence-corrected chi connectivity index (χ4v) is 3.43. The zero-order chi connectivity index (χ0) is 18.3. The van der Waals surface area contributed by atoms with Crippen molar-refractivity contribution in [1.82, 2.24) is 29.4 Å². The van der Waals surface area contributed by atoms with Crippen molar-refractivity contribution < 1.29 is 0 Å². The number of likely N-dealkylation sites (N-methyl/N-ethyl adjacent to an activating group) is 1. The van der Waals surface area contributed by atoms with Crippen molar-refractivity contribution in [2.45, 2.75) is 26.4 Å². The highest BCUT2D eigenvalue weighted by molar-refractivity contribution is 5.83. The Hall–Kier alpha value is -2.45. The van der Waals surface area contributed by atoms with Crippen molar-refractivity contribution in [3.8, 4) is 0 Å². The molecule has 3 aromatic rings. The van der Waals surface area contributed by atoms with Crippen molar-refractivity contribution in [1.29, 1.82) is 0 Å². The van der Waals surface area contributed by atoms with Gasteiger partial charge in [-0.25, -0.2) is 19.3 Å². The second kappa shape index (κ2) is 6.69. The maximum absolute atomic E-state index is 12.2. The first-order chi connectivity index (χ1) is 12.5. The van der Waals surface area contributed by atoms with E-state index in [0.29, 0.717) is 11.5 Å². The van der Waals surface area contributed by atoms with Crippen LogP contribution in [-0.4, -0.2) is 68.7 Å². The van der Waals surface area contributed by atoms with E-state index in [0.717, 1.165) is 43.8 Å². The molecular formula is C18H25N7O. The fraction of sp³-hybridized carbons (Fsp3) is 0.500. The summed E-state index contributed by atoms with van der Waals surface area (Å²) in [6.45, 7) is 9.31. The molecular weight excluding hydrogens is 330 g/mol. The normalized spacial score (nSPS) is 16.8. The standard InChI is InChI=1S/C18H25N7O/c1-12(2)19-16-17-21-22-18(26)25(17)15-5-4-13(10-14(15)20-16)11-24-8-6-23(3)7-9-24/h4-5,10,12H,6-9,11H2,1-3H3,(H,19,20)(H,22,26). The van der Waals surface area contributed by atoms with Gasteiger partial charge >= 0.3 is 5.69 Å². The number of nitrogens with zero attached hydrogens (tertiary/aromatic N) is 5. The van der Waals surface area contributed by atoms with Crippen molar-refractivity contribution in [3.05, 3.63) is 34.2 Å². The van der Waals surface area contributed by atoms with Crippen LogP contribution in [0, 0.1) is 0 Å². The van der Waals surface area contributed by atoms with Crippen LogP contribution in [0.4, 0.5) is 5.82 Å². The maximum atomic E-state index is 12.2. The van der Waals surface area contributed by atoms with Gasteiger partial charge in [0, 0.05) is 38.8 Å². The minimum Gasteiger partial charge on any atom is -0.365 e. The van der Waals surface area contributed by atoms with Crippen LogP contribution in [0.5, 0.6) is 0 Å². The first-order valence-electron chi connectivity index (χ1n) is 9.08. The lowest BCUT2D eigenvalue weighted by Crippen LogP contribution is -2.43. The van der Waals surface area contributed by atoms with Gasteiger partial charge < -0.3 is 10.2 Å². The van der Waals surface area contributed by atoms with Crippen LogP contribution in [0.15, 0.2) is 23.0 Å². The number of H-pyrrole nitrogens is 1. The summed E-state index contributed by atoms with van der Waals surface area (Å²) in [7, 11) is 2.16. The number of anilines is 1. The fourth-order valence-electron chi connectivity index (χ4n) is 3.43. The van der Waals surface area contributed by atoms with Crippen LogP contribution in [0.3, 0.4) is 0 Å². The second-order valence-electron chi connectivity index (χ2n) is 7.35. The van der Waals surface area contributed by atoms with E-state index in [1.165, 1.54) is 5.56 Å². The number of nitrogens with one attached hydrogen (secondary N) is 2. The Balaban J connectivity index is 1.73. The van der Waals surface area contributed by atoms with Crippen molar-refractivity contribution in [3.63, 3.8) is 0 Å². The average Bonchev–Trinajstić information content (AvgIpc) is 2.99. The minimum absolute atomic E-state index is 0.198. The summed E-state index contributed by atoms with van der Waals surface area (Å²) in [4.78, 5) is 21.8. The van der Waals surface area contributed by atoms with Crippen LogP contribution in [0.1, 0.15) is 19.4 Å². The summed E-state index contributed by atoms with van der Waals surface area (Å²) >= 11 is 0. The summed E-state index contributed by atoms with van der Waals surface area (Å²) in [5, 5.41) is 9.95. The molecule has 26 heavy (non-hydrogen) atoms. The molecule has 0 bridgehead atoms. The first kappa shape index (κ1) is 17.0. The van der Waals surface area contributed by atoms with E-state index in [9.17, 15) is 4.79 Å². The topological polar surface area (TPSA) is 81.6 Å². The maximum Gasteiger partial charge on any atom is 0.348 e. The molecule has 1 aliphatic rings. The quantitative estimate of drug-likeness (QED) is 0.730. The molecule has 0 unspecified atom stereocenters. The Labute approximate surface area is 151 Å². The largest absolute Gasteiger partial charge is 0.365 e. The molecule has 0 atom stereocenters. The molecule has 1 aliphatic heterocycles. The molecule has 0 aliphatic carbocycles. The van der Waals surface area contributed by atoms with Gasteiger partial charge in [0.2, 0.25) is 5.65 Å². The molecule has 4 rings (SSSR count). The number of piperazine rings is 1. The highest BCUT2D eigenvalue weighted by atomic mass is 16.1. The van der Waals surface area contributed by atoms with Gasteiger partial charge in [0.15, 0.2) is 5.82 Å². The van der Waals surface area contributed by atoms with E-state index >= 15 is 0 Å². The average molecular weight is 355 g/mol. The predicted molar refractivity (Wildman–Crippen MR) is 103 cm³/mol. The van der Waals surface area contributed by atoms with Gasteiger partial charge in [-0.2, -0.15) is 0 Å². The van der Waals surface area contributed by atoms with Crippen molar-refractivity contribution >= 4 is 22.5 Å². The Morgan fingerprint density at radius 2 is 2.00 bits per heavy atom. The van der Waals surface area contributed by atoms with E-state index in [1.807, 2.05) is 19.9 Å². The lowest BCUT2D eigenvalue weighted by atomic mass is 10.1. The zero-order valence-corrected chi connectivity index (χ0v) is 15.5. The summed E-state index contributed by atoms with van der Waals surface area (Å²) < 4.78 is 1.59. The van der Waals surface area contributed by atoms with Crippen LogP contribution in [0.2, 0.25) is 0 Å². The van der Waals surface area contributed by atoms with Crippen LogP contribution < -0.4 is 11.0 Å². The molecule has 0 amide bonds. The SMILES string of the molecule is CC(C)Nc1nc2cc(CN3CCN(C)CC3)ccc2n2c(=O)[nH]nc12. The highest BCUT2D eigenvalue weighted by Crippen LogP contribution is 2.21. The number of benzene rings is 1.